The predicted octanol–water partition coefficient (Wildman–Crippen LogP) is 3.28. The molecule has 3 nitrogen and oxygen atoms in total. The van der Waals surface area contributed by atoms with Crippen LogP contribution < -0.4 is 11.1 Å². The molecule has 0 amide bonds. The Kier molecular flexibility index (Phi) is 3.97. The molecular formula is C12H18BrN3. The molecule has 0 spiro atoms. The number of aliphatic imine (C=N–C) groups is 1. The van der Waals surface area contributed by atoms with Gasteiger partial charge in [-0.25, -0.2) is 4.99 Å². The number of hydrogen-bond donors (Lipinski definition) is 2. The highest BCUT2D eigenvalue weighted by molar-refractivity contribution is 9.10. The summed E-state index contributed by atoms with van der Waals surface area (Å²) in [6, 6.07) is 6.05. The molecule has 0 aliphatic rings. The van der Waals surface area contributed by atoms with E-state index in [4.69, 9.17) is 5.73 Å². The van der Waals surface area contributed by atoms with Gasteiger partial charge in [-0.05, 0) is 61.3 Å². The Morgan fingerprint density at radius 2 is 2.00 bits per heavy atom. The van der Waals surface area contributed by atoms with Gasteiger partial charge in [-0.1, -0.05) is 6.07 Å². The fourth-order valence-electron chi connectivity index (χ4n) is 1.26. The summed E-state index contributed by atoms with van der Waals surface area (Å²) < 4.78 is 0.977. The van der Waals surface area contributed by atoms with E-state index in [1.54, 1.807) is 0 Å². The van der Waals surface area contributed by atoms with E-state index in [1.165, 1.54) is 5.56 Å². The van der Waals surface area contributed by atoms with Crippen LogP contribution in [0.25, 0.3) is 0 Å². The predicted molar refractivity (Wildman–Crippen MR) is 73.9 cm³/mol. The van der Waals surface area contributed by atoms with Gasteiger partial charge in [0.15, 0.2) is 5.96 Å². The van der Waals surface area contributed by atoms with Crippen LogP contribution in [0.15, 0.2) is 27.7 Å². The average molecular weight is 284 g/mol. The summed E-state index contributed by atoms with van der Waals surface area (Å²) >= 11 is 3.47. The smallest absolute Gasteiger partial charge is 0.193 e. The molecule has 1 aromatic rings. The lowest BCUT2D eigenvalue weighted by Gasteiger charge is -2.15. The fraction of sp³-hybridized carbons (Fsp3) is 0.417. The SMILES string of the molecule is Cc1ccc(Br)c(NC(N)=NC(C)(C)C)c1. The molecule has 4 heteroatoms. The first-order valence-corrected chi connectivity index (χ1v) is 5.96. The number of nitrogens with one attached hydrogen (secondary N) is 1. The maximum Gasteiger partial charge on any atom is 0.193 e. The van der Waals surface area contributed by atoms with E-state index < -0.39 is 0 Å². The van der Waals surface area contributed by atoms with Gasteiger partial charge in [0.05, 0.1) is 11.2 Å². The largest absolute Gasteiger partial charge is 0.370 e. The van der Waals surface area contributed by atoms with Gasteiger partial charge >= 0.3 is 0 Å². The van der Waals surface area contributed by atoms with Crippen molar-refractivity contribution < 1.29 is 0 Å². The summed E-state index contributed by atoms with van der Waals surface area (Å²) in [6.07, 6.45) is 0. The second kappa shape index (κ2) is 4.87. The van der Waals surface area contributed by atoms with Crippen molar-refractivity contribution in [2.45, 2.75) is 33.2 Å². The average Bonchev–Trinajstić information content (AvgIpc) is 2.08. The number of rotatable bonds is 1. The third-order valence-electron chi connectivity index (χ3n) is 1.84. The van der Waals surface area contributed by atoms with E-state index in [0.717, 1.165) is 10.2 Å². The van der Waals surface area contributed by atoms with Gasteiger partial charge in [0.25, 0.3) is 0 Å². The normalized spacial score (nSPS) is 12.7. The first-order valence-electron chi connectivity index (χ1n) is 5.16. The number of nitrogens with two attached hydrogens (primary N) is 1. The minimum atomic E-state index is -0.173. The summed E-state index contributed by atoms with van der Waals surface area (Å²) in [7, 11) is 0. The molecule has 0 aliphatic heterocycles. The second-order valence-electron chi connectivity index (χ2n) is 4.78. The van der Waals surface area contributed by atoms with Crippen LogP contribution in [-0.2, 0) is 0 Å². The molecule has 0 unspecified atom stereocenters. The lowest BCUT2D eigenvalue weighted by Crippen LogP contribution is -2.27. The molecule has 88 valence electrons. The van der Waals surface area contributed by atoms with Crippen LogP contribution in [0.5, 0.6) is 0 Å². The number of guanidine groups is 1. The van der Waals surface area contributed by atoms with Crippen LogP contribution in [0.1, 0.15) is 26.3 Å². The minimum absolute atomic E-state index is 0.173. The minimum Gasteiger partial charge on any atom is -0.370 e. The van der Waals surface area contributed by atoms with Crippen molar-refractivity contribution in [3.05, 3.63) is 28.2 Å². The molecule has 0 radical (unpaired) electrons. The van der Waals surface area contributed by atoms with Crippen LogP contribution in [0.2, 0.25) is 0 Å². The number of hydrogen-bond acceptors (Lipinski definition) is 1. The van der Waals surface area contributed by atoms with Gasteiger partial charge < -0.3 is 11.1 Å². The summed E-state index contributed by atoms with van der Waals surface area (Å²) in [5.41, 5.74) is 7.77. The van der Waals surface area contributed by atoms with Crippen molar-refractivity contribution in [1.82, 2.24) is 0 Å². The highest BCUT2D eigenvalue weighted by Crippen LogP contribution is 2.23. The number of nitrogens with zero attached hydrogens (tertiary/aromatic N) is 1. The summed E-state index contributed by atoms with van der Waals surface area (Å²) in [5.74, 6) is 0.429. The monoisotopic (exact) mass is 283 g/mol. The van der Waals surface area contributed by atoms with Gasteiger partial charge in [-0.2, -0.15) is 0 Å². The highest BCUT2D eigenvalue weighted by Gasteiger charge is 2.09. The number of anilines is 1. The van der Waals surface area contributed by atoms with Crippen LogP contribution in [-0.4, -0.2) is 11.5 Å². The molecule has 0 atom stereocenters. The van der Waals surface area contributed by atoms with E-state index in [1.807, 2.05) is 45.9 Å². The van der Waals surface area contributed by atoms with E-state index >= 15 is 0 Å². The quantitative estimate of drug-likeness (QED) is 0.614. The fourth-order valence-corrected chi connectivity index (χ4v) is 1.61. The van der Waals surface area contributed by atoms with Gasteiger partial charge in [0.2, 0.25) is 0 Å². The van der Waals surface area contributed by atoms with Crippen molar-refractivity contribution in [1.29, 1.82) is 0 Å². The second-order valence-corrected chi connectivity index (χ2v) is 5.63. The molecular weight excluding hydrogens is 266 g/mol. The van der Waals surface area contributed by atoms with E-state index in [0.29, 0.717) is 5.96 Å². The molecule has 0 fully saturated rings. The van der Waals surface area contributed by atoms with Crippen molar-refractivity contribution >= 4 is 27.6 Å². The van der Waals surface area contributed by atoms with Crippen LogP contribution in [0.3, 0.4) is 0 Å². The third kappa shape index (κ3) is 4.23. The molecule has 0 saturated heterocycles. The van der Waals surface area contributed by atoms with Crippen molar-refractivity contribution in [2.24, 2.45) is 10.7 Å². The summed E-state index contributed by atoms with van der Waals surface area (Å²) in [4.78, 5) is 4.34. The lowest BCUT2D eigenvalue weighted by molar-refractivity contribution is 0.583. The topological polar surface area (TPSA) is 50.4 Å². The standard InChI is InChI=1S/C12H18BrN3/c1-8-5-6-9(13)10(7-8)15-11(14)16-12(2,3)4/h5-7H,1-4H3,(H3,14,15,16). The molecule has 3 N–H and O–H groups in total. The first-order chi connectivity index (χ1) is 7.28. The molecule has 1 rings (SSSR count). The van der Waals surface area contributed by atoms with Crippen LogP contribution in [0.4, 0.5) is 5.69 Å². The number of benzene rings is 1. The van der Waals surface area contributed by atoms with E-state index in [-0.39, 0.29) is 5.54 Å². The summed E-state index contributed by atoms with van der Waals surface area (Å²) in [5, 5.41) is 3.09. The molecule has 0 bridgehead atoms. The Bertz CT molecular complexity index is 405. The molecule has 0 saturated carbocycles. The first kappa shape index (κ1) is 13.0. The molecule has 0 heterocycles. The Hall–Kier alpha value is -1.03. The van der Waals surface area contributed by atoms with E-state index in [9.17, 15) is 0 Å². The van der Waals surface area contributed by atoms with Gasteiger partial charge in [0.1, 0.15) is 0 Å². The Morgan fingerprint density at radius 1 is 1.38 bits per heavy atom. The zero-order valence-corrected chi connectivity index (χ0v) is 11.7. The van der Waals surface area contributed by atoms with E-state index in [2.05, 4.69) is 26.2 Å². The Labute approximate surface area is 105 Å². The Balaban J connectivity index is 2.89. The number of halogens is 1. The van der Waals surface area contributed by atoms with Crippen molar-refractivity contribution in [2.75, 3.05) is 5.32 Å². The van der Waals surface area contributed by atoms with Gasteiger partial charge in [-0.3, -0.25) is 0 Å². The van der Waals surface area contributed by atoms with Gasteiger partial charge in [-0.15, -0.1) is 0 Å². The number of aryl methyl sites for hydroxylation is 1. The maximum atomic E-state index is 5.83. The van der Waals surface area contributed by atoms with Crippen molar-refractivity contribution in [3.63, 3.8) is 0 Å². The zero-order chi connectivity index (χ0) is 12.3. The Morgan fingerprint density at radius 3 is 2.56 bits per heavy atom. The molecule has 0 aliphatic carbocycles. The maximum absolute atomic E-state index is 5.83. The van der Waals surface area contributed by atoms with Gasteiger partial charge in [0, 0.05) is 4.47 Å². The van der Waals surface area contributed by atoms with Crippen LogP contribution >= 0.6 is 15.9 Å². The molecule has 16 heavy (non-hydrogen) atoms. The zero-order valence-electron chi connectivity index (χ0n) is 10.1. The molecule has 1 aromatic carbocycles. The third-order valence-corrected chi connectivity index (χ3v) is 2.53. The highest BCUT2D eigenvalue weighted by atomic mass is 79.9. The lowest BCUT2D eigenvalue weighted by atomic mass is 10.1. The van der Waals surface area contributed by atoms with Crippen LogP contribution in [0, 0.1) is 6.92 Å². The summed E-state index contributed by atoms with van der Waals surface area (Å²) in [6.45, 7) is 8.06. The molecule has 0 aromatic heterocycles. The van der Waals surface area contributed by atoms with Crippen molar-refractivity contribution in [3.8, 4) is 0 Å².